The fraction of sp³-hybridized carbons (Fsp3) is 0.300. The average Bonchev–Trinajstić information content (AvgIpc) is 2.59. The first-order valence-corrected chi connectivity index (χ1v) is 4.71. The number of esters is 1. The molecule has 0 aliphatic heterocycles. The fourth-order valence-electron chi connectivity index (χ4n) is 1.36. The summed E-state index contributed by atoms with van der Waals surface area (Å²) in [6, 6.07) is 3.42. The number of pyridine rings is 1. The van der Waals surface area contributed by atoms with Crippen LogP contribution in [-0.2, 0) is 11.3 Å². The van der Waals surface area contributed by atoms with Gasteiger partial charge in [0, 0.05) is 19.5 Å². The van der Waals surface area contributed by atoms with Crippen molar-refractivity contribution >= 4 is 17.1 Å². The van der Waals surface area contributed by atoms with Crippen LogP contribution in [0, 0.1) is 0 Å². The van der Waals surface area contributed by atoms with Crippen LogP contribution in [0.4, 0.5) is 0 Å². The minimum Gasteiger partial charge on any atom is -0.408 e. The van der Waals surface area contributed by atoms with Crippen molar-refractivity contribution in [3.63, 3.8) is 0 Å². The topological polar surface area (TPSA) is 57.0 Å². The lowest BCUT2D eigenvalue weighted by Gasteiger charge is -2.01. The van der Waals surface area contributed by atoms with Crippen molar-refractivity contribution in [3.05, 3.63) is 18.5 Å². The predicted octanol–water partition coefficient (Wildman–Crippen LogP) is 1.38. The number of aromatic nitrogens is 3. The summed E-state index contributed by atoms with van der Waals surface area (Å²) in [6.45, 7) is 4.14. The average molecular weight is 205 g/mol. The van der Waals surface area contributed by atoms with Crippen LogP contribution in [0.15, 0.2) is 18.5 Å². The Morgan fingerprint density at radius 2 is 2.33 bits per heavy atom. The molecule has 2 aromatic rings. The Hall–Kier alpha value is -1.91. The Labute approximate surface area is 86.7 Å². The largest absolute Gasteiger partial charge is 0.408 e. The van der Waals surface area contributed by atoms with Crippen LogP contribution in [0.5, 0.6) is 5.88 Å². The summed E-state index contributed by atoms with van der Waals surface area (Å²) in [5.74, 6) is -0.0605. The maximum absolute atomic E-state index is 10.8. The highest BCUT2D eigenvalue weighted by Crippen LogP contribution is 2.15. The van der Waals surface area contributed by atoms with Gasteiger partial charge in [0.2, 0.25) is 5.88 Å². The van der Waals surface area contributed by atoms with E-state index in [0.29, 0.717) is 5.88 Å². The van der Waals surface area contributed by atoms with Crippen molar-refractivity contribution in [3.8, 4) is 5.88 Å². The molecule has 5 heteroatoms. The Balaban J connectivity index is 2.47. The zero-order valence-corrected chi connectivity index (χ0v) is 8.60. The number of rotatable bonds is 2. The zero-order chi connectivity index (χ0) is 10.8. The zero-order valence-electron chi connectivity index (χ0n) is 8.60. The molecule has 78 valence electrons. The smallest absolute Gasteiger partial charge is 0.309 e. The molecule has 5 nitrogen and oxygen atoms in total. The van der Waals surface area contributed by atoms with E-state index >= 15 is 0 Å². The Kier molecular flexibility index (Phi) is 2.37. The maximum atomic E-state index is 10.8. The minimum atomic E-state index is -0.371. The SMILES string of the molecule is CCn1cnc2ccc(OC(C)=O)nc21. The van der Waals surface area contributed by atoms with Crippen molar-refractivity contribution in [1.82, 2.24) is 14.5 Å². The van der Waals surface area contributed by atoms with Gasteiger partial charge in [-0.15, -0.1) is 0 Å². The van der Waals surface area contributed by atoms with E-state index in [1.807, 2.05) is 11.5 Å². The lowest BCUT2D eigenvalue weighted by atomic mass is 10.4. The molecule has 0 atom stereocenters. The van der Waals surface area contributed by atoms with E-state index in [0.717, 1.165) is 17.7 Å². The van der Waals surface area contributed by atoms with Crippen LogP contribution in [-0.4, -0.2) is 20.5 Å². The molecular weight excluding hydrogens is 194 g/mol. The van der Waals surface area contributed by atoms with Crippen molar-refractivity contribution in [2.24, 2.45) is 0 Å². The summed E-state index contributed by atoms with van der Waals surface area (Å²) in [5.41, 5.74) is 1.53. The highest BCUT2D eigenvalue weighted by Gasteiger charge is 2.06. The maximum Gasteiger partial charge on any atom is 0.309 e. The number of ether oxygens (including phenoxy) is 1. The Morgan fingerprint density at radius 3 is 3.00 bits per heavy atom. The number of carbonyl (C=O) groups is 1. The lowest BCUT2D eigenvalue weighted by Crippen LogP contribution is -2.03. The number of fused-ring (bicyclic) bond motifs is 1. The first-order chi connectivity index (χ1) is 7.20. The third-order valence-corrected chi connectivity index (χ3v) is 2.03. The molecule has 15 heavy (non-hydrogen) atoms. The van der Waals surface area contributed by atoms with Gasteiger partial charge in [0.05, 0.1) is 6.33 Å². The number of nitrogens with zero attached hydrogens (tertiary/aromatic N) is 3. The summed E-state index contributed by atoms with van der Waals surface area (Å²) in [6.07, 6.45) is 1.72. The molecule has 0 unspecified atom stereocenters. The van der Waals surface area contributed by atoms with Crippen molar-refractivity contribution in [1.29, 1.82) is 0 Å². The van der Waals surface area contributed by atoms with Crippen molar-refractivity contribution in [2.45, 2.75) is 20.4 Å². The van der Waals surface area contributed by atoms with Gasteiger partial charge in [-0.3, -0.25) is 4.79 Å². The molecule has 2 aromatic heterocycles. The fourth-order valence-corrected chi connectivity index (χ4v) is 1.36. The first kappa shape index (κ1) is 9.64. The quantitative estimate of drug-likeness (QED) is 0.695. The molecule has 2 heterocycles. The second-order valence-corrected chi connectivity index (χ2v) is 3.12. The van der Waals surface area contributed by atoms with Crippen molar-refractivity contribution < 1.29 is 9.53 Å². The molecule has 0 aliphatic carbocycles. The minimum absolute atomic E-state index is 0.310. The third kappa shape index (κ3) is 1.81. The molecule has 0 fully saturated rings. The van der Waals surface area contributed by atoms with E-state index in [1.54, 1.807) is 18.5 Å². The number of imidazole rings is 1. The summed E-state index contributed by atoms with van der Waals surface area (Å²) in [4.78, 5) is 19.1. The van der Waals surface area contributed by atoms with E-state index in [-0.39, 0.29) is 5.97 Å². The van der Waals surface area contributed by atoms with Gasteiger partial charge < -0.3 is 9.30 Å². The highest BCUT2D eigenvalue weighted by molar-refractivity contribution is 5.73. The van der Waals surface area contributed by atoms with E-state index in [4.69, 9.17) is 4.74 Å². The van der Waals surface area contributed by atoms with E-state index < -0.39 is 0 Å². The van der Waals surface area contributed by atoms with Crippen LogP contribution in [0.25, 0.3) is 11.2 Å². The highest BCUT2D eigenvalue weighted by atomic mass is 16.5. The summed E-state index contributed by atoms with van der Waals surface area (Å²) in [7, 11) is 0. The van der Waals surface area contributed by atoms with Gasteiger partial charge in [0.1, 0.15) is 5.52 Å². The van der Waals surface area contributed by atoms with Crippen LogP contribution >= 0.6 is 0 Å². The van der Waals surface area contributed by atoms with Crippen molar-refractivity contribution in [2.75, 3.05) is 0 Å². The molecule has 0 radical (unpaired) electrons. The normalized spacial score (nSPS) is 10.5. The van der Waals surface area contributed by atoms with Gasteiger partial charge in [-0.1, -0.05) is 0 Å². The standard InChI is InChI=1S/C10H11N3O2/c1-3-13-6-11-8-4-5-9(12-10(8)13)15-7(2)14/h4-6H,3H2,1-2H3. The summed E-state index contributed by atoms with van der Waals surface area (Å²) >= 11 is 0. The molecule has 0 aliphatic rings. The molecule has 0 aromatic carbocycles. The molecule has 0 bridgehead atoms. The number of hydrogen-bond donors (Lipinski definition) is 0. The van der Waals surface area contributed by atoms with Gasteiger partial charge >= 0.3 is 5.97 Å². The van der Waals surface area contributed by atoms with Gasteiger partial charge in [-0.2, -0.15) is 4.98 Å². The van der Waals surface area contributed by atoms with Gasteiger partial charge in [0.15, 0.2) is 5.65 Å². The molecule has 0 saturated heterocycles. The van der Waals surface area contributed by atoms with E-state index in [1.165, 1.54) is 6.92 Å². The molecule has 2 rings (SSSR count). The third-order valence-electron chi connectivity index (χ3n) is 2.03. The second kappa shape index (κ2) is 3.68. The van der Waals surface area contributed by atoms with Gasteiger partial charge in [-0.05, 0) is 13.0 Å². The van der Waals surface area contributed by atoms with Crippen LogP contribution in [0.1, 0.15) is 13.8 Å². The molecule has 0 amide bonds. The van der Waals surface area contributed by atoms with Crippen LogP contribution < -0.4 is 4.74 Å². The molecule has 0 saturated carbocycles. The molecule has 0 N–H and O–H groups in total. The summed E-state index contributed by atoms with van der Waals surface area (Å²) in [5, 5.41) is 0. The molecular formula is C10H11N3O2. The Morgan fingerprint density at radius 1 is 1.53 bits per heavy atom. The van der Waals surface area contributed by atoms with Gasteiger partial charge in [0.25, 0.3) is 0 Å². The van der Waals surface area contributed by atoms with Crippen LogP contribution in [0.3, 0.4) is 0 Å². The van der Waals surface area contributed by atoms with Gasteiger partial charge in [-0.25, -0.2) is 4.98 Å². The van der Waals surface area contributed by atoms with Crippen LogP contribution in [0.2, 0.25) is 0 Å². The predicted molar refractivity (Wildman–Crippen MR) is 54.5 cm³/mol. The second-order valence-electron chi connectivity index (χ2n) is 3.12. The number of hydrogen-bond acceptors (Lipinski definition) is 4. The Bertz CT molecular complexity index is 504. The lowest BCUT2D eigenvalue weighted by molar-refractivity contribution is -0.132. The molecule has 0 spiro atoms. The first-order valence-electron chi connectivity index (χ1n) is 4.71. The van der Waals surface area contributed by atoms with E-state index in [9.17, 15) is 4.79 Å². The van der Waals surface area contributed by atoms with E-state index in [2.05, 4.69) is 9.97 Å². The summed E-state index contributed by atoms with van der Waals surface area (Å²) < 4.78 is 6.79. The monoisotopic (exact) mass is 205 g/mol. The number of carbonyl (C=O) groups excluding carboxylic acids is 1. The number of aryl methyl sites for hydroxylation is 1.